The van der Waals surface area contributed by atoms with Crippen molar-refractivity contribution in [3.63, 3.8) is 0 Å². The quantitative estimate of drug-likeness (QED) is 0.859. The Hall–Kier alpha value is -1.42. The van der Waals surface area contributed by atoms with Crippen LogP contribution >= 0.6 is 0 Å². The molecule has 2 atom stereocenters. The van der Waals surface area contributed by atoms with Gasteiger partial charge in [0.25, 0.3) is 5.91 Å². The van der Waals surface area contributed by atoms with Gasteiger partial charge in [0, 0.05) is 13.2 Å². The molecule has 0 spiro atoms. The standard InChI is InChI=1S/C14H18FNO2/c15-13-7-2-1-6-12(13)14(18)16-8-10-4-3-5-11(10)9-17/h1-2,6-7,10-11,17H,3-5,8-9H2,(H,16,18). The normalized spacial score (nSPS) is 23.0. The molecule has 1 aliphatic rings. The second kappa shape index (κ2) is 5.96. The maximum atomic E-state index is 13.4. The average molecular weight is 251 g/mol. The summed E-state index contributed by atoms with van der Waals surface area (Å²) in [6.07, 6.45) is 3.12. The van der Waals surface area contributed by atoms with Gasteiger partial charge < -0.3 is 10.4 Å². The molecule has 0 bridgehead atoms. The first kappa shape index (κ1) is 13.0. The number of rotatable bonds is 4. The lowest BCUT2D eigenvalue weighted by Crippen LogP contribution is -2.32. The van der Waals surface area contributed by atoms with Crippen LogP contribution in [0.2, 0.25) is 0 Å². The van der Waals surface area contributed by atoms with Gasteiger partial charge in [-0.3, -0.25) is 4.79 Å². The number of aliphatic hydroxyl groups is 1. The number of amides is 1. The summed E-state index contributed by atoms with van der Waals surface area (Å²) in [6, 6.07) is 5.96. The summed E-state index contributed by atoms with van der Waals surface area (Å²) in [7, 11) is 0. The van der Waals surface area contributed by atoms with Gasteiger partial charge in [-0.2, -0.15) is 0 Å². The predicted octanol–water partition coefficient (Wildman–Crippen LogP) is 1.96. The smallest absolute Gasteiger partial charge is 0.254 e. The molecule has 1 amide bonds. The molecule has 98 valence electrons. The molecule has 1 aliphatic carbocycles. The van der Waals surface area contributed by atoms with Gasteiger partial charge in [-0.05, 0) is 36.8 Å². The lowest BCUT2D eigenvalue weighted by atomic mass is 9.97. The number of nitrogens with one attached hydrogen (secondary N) is 1. The monoisotopic (exact) mass is 251 g/mol. The van der Waals surface area contributed by atoms with Crippen molar-refractivity contribution in [1.82, 2.24) is 5.32 Å². The molecule has 2 N–H and O–H groups in total. The molecule has 3 nitrogen and oxygen atoms in total. The number of halogens is 1. The summed E-state index contributed by atoms with van der Waals surface area (Å²) in [5.41, 5.74) is 0.0797. The zero-order chi connectivity index (χ0) is 13.0. The molecule has 1 aromatic carbocycles. The van der Waals surface area contributed by atoms with Crippen LogP contribution in [0.3, 0.4) is 0 Å². The van der Waals surface area contributed by atoms with Crippen molar-refractivity contribution in [2.75, 3.05) is 13.2 Å². The number of aliphatic hydroxyl groups excluding tert-OH is 1. The van der Waals surface area contributed by atoms with Gasteiger partial charge >= 0.3 is 0 Å². The van der Waals surface area contributed by atoms with Crippen LogP contribution in [0.25, 0.3) is 0 Å². The van der Waals surface area contributed by atoms with Gasteiger partial charge in [0.1, 0.15) is 5.82 Å². The largest absolute Gasteiger partial charge is 0.396 e. The molecule has 1 saturated carbocycles. The van der Waals surface area contributed by atoms with E-state index in [0.29, 0.717) is 12.5 Å². The van der Waals surface area contributed by atoms with Gasteiger partial charge in [-0.25, -0.2) is 4.39 Å². The van der Waals surface area contributed by atoms with Crippen LogP contribution < -0.4 is 5.32 Å². The first-order valence-corrected chi connectivity index (χ1v) is 6.36. The maximum Gasteiger partial charge on any atom is 0.254 e. The van der Waals surface area contributed by atoms with Crippen molar-refractivity contribution in [3.05, 3.63) is 35.6 Å². The summed E-state index contributed by atoms with van der Waals surface area (Å²) in [5, 5.41) is 11.9. The zero-order valence-corrected chi connectivity index (χ0v) is 10.2. The molecule has 1 fully saturated rings. The van der Waals surface area contributed by atoms with Crippen LogP contribution in [0.5, 0.6) is 0 Å². The Morgan fingerprint density at radius 3 is 2.78 bits per heavy atom. The van der Waals surface area contributed by atoms with E-state index in [1.165, 1.54) is 12.1 Å². The highest BCUT2D eigenvalue weighted by atomic mass is 19.1. The molecule has 0 heterocycles. The minimum absolute atomic E-state index is 0.0797. The van der Waals surface area contributed by atoms with Crippen LogP contribution in [-0.4, -0.2) is 24.2 Å². The van der Waals surface area contributed by atoms with E-state index in [1.807, 2.05) is 0 Å². The minimum Gasteiger partial charge on any atom is -0.396 e. The van der Waals surface area contributed by atoms with Crippen molar-refractivity contribution in [2.45, 2.75) is 19.3 Å². The summed E-state index contributed by atoms with van der Waals surface area (Å²) in [6.45, 7) is 0.679. The minimum atomic E-state index is -0.500. The van der Waals surface area contributed by atoms with Crippen LogP contribution in [0.1, 0.15) is 29.6 Å². The number of hydrogen-bond donors (Lipinski definition) is 2. The SMILES string of the molecule is O=C(NCC1CCCC1CO)c1ccccc1F. The molecule has 0 aliphatic heterocycles. The fourth-order valence-corrected chi connectivity index (χ4v) is 2.59. The second-order valence-electron chi connectivity index (χ2n) is 4.82. The number of hydrogen-bond acceptors (Lipinski definition) is 2. The van der Waals surface area contributed by atoms with E-state index in [-0.39, 0.29) is 24.0 Å². The Kier molecular flexibility index (Phi) is 4.31. The highest BCUT2D eigenvalue weighted by molar-refractivity contribution is 5.94. The van der Waals surface area contributed by atoms with Crippen LogP contribution in [-0.2, 0) is 0 Å². The molecule has 0 radical (unpaired) electrons. The first-order chi connectivity index (χ1) is 8.72. The van der Waals surface area contributed by atoms with Gasteiger partial charge in [0.15, 0.2) is 0 Å². The number of carbonyl (C=O) groups is 1. The van der Waals surface area contributed by atoms with Crippen molar-refractivity contribution in [1.29, 1.82) is 0 Å². The molecular weight excluding hydrogens is 233 g/mol. The van der Waals surface area contributed by atoms with E-state index in [9.17, 15) is 14.3 Å². The molecule has 2 unspecified atom stereocenters. The lowest BCUT2D eigenvalue weighted by molar-refractivity contribution is 0.0933. The highest BCUT2D eigenvalue weighted by Gasteiger charge is 2.27. The molecule has 4 heteroatoms. The second-order valence-corrected chi connectivity index (χ2v) is 4.82. The lowest BCUT2D eigenvalue weighted by Gasteiger charge is -2.17. The molecular formula is C14H18FNO2. The van der Waals surface area contributed by atoms with E-state index in [4.69, 9.17) is 0 Å². The van der Waals surface area contributed by atoms with Crippen LogP contribution in [0, 0.1) is 17.7 Å². The average Bonchev–Trinajstić information content (AvgIpc) is 2.84. The Balaban J connectivity index is 1.91. The highest BCUT2D eigenvalue weighted by Crippen LogP contribution is 2.30. The third kappa shape index (κ3) is 2.88. The Bertz CT molecular complexity index is 422. The van der Waals surface area contributed by atoms with Crippen LogP contribution in [0.4, 0.5) is 4.39 Å². The van der Waals surface area contributed by atoms with E-state index in [0.717, 1.165) is 19.3 Å². The number of carbonyl (C=O) groups excluding carboxylic acids is 1. The summed E-state index contributed by atoms with van der Waals surface area (Å²) < 4.78 is 13.4. The van der Waals surface area contributed by atoms with Crippen LogP contribution in [0.15, 0.2) is 24.3 Å². The summed E-state index contributed by atoms with van der Waals surface area (Å²) in [4.78, 5) is 11.8. The van der Waals surface area contributed by atoms with E-state index < -0.39 is 5.82 Å². The van der Waals surface area contributed by atoms with Crippen molar-refractivity contribution < 1.29 is 14.3 Å². The zero-order valence-electron chi connectivity index (χ0n) is 10.2. The van der Waals surface area contributed by atoms with Gasteiger partial charge in [0.2, 0.25) is 0 Å². The van der Waals surface area contributed by atoms with E-state index in [2.05, 4.69) is 5.32 Å². The van der Waals surface area contributed by atoms with E-state index in [1.54, 1.807) is 12.1 Å². The Morgan fingerprint density at radius 1 is 1.33 bits per heavy atom. The molecule has 1 aromatic rings. The summed E-state index contributed by atoms with van der Waals surface area (Å²) >= 11 is 0. The Morgan fingerprint density at radius 2 is 2.06 bits per heavy atom. The topological polar surface area (TPSA) is 49.3 Å². The predicted molar refractivity (Wildman–Crippen MR) is 66.7 cm³/mol. The molecule has 18 heavy (non-hydrogen) atoms. The first-order valence-electron chi connectivity index (χ1n) is 6.36. The van der Waals surface area contributed by atoms with Gasteiger partial charge in [0.05, 0.1) is 5.56 Å². The molecule has 0 saturated heterocycles. The van der Waals surface area contributed by atoms with E-state index >= 15 is 0 Å². The molecule has 0 aromatic heterocycles. The van der Waals surface area contributed by atoms with Crippen molar-refractivity contribution >= 4 is 5.91 Å². The number of benzene rings is 1. The third-order valence-corrected chi connectivity index (χ3v) is 3.69. The fraction of sp³-hybridized carbons (Fsp3) is 0.500. The van der Waals surface area contributed by atoms with Gasteiger partial charge in [-0.1, -0.05) is 18.6 Å². The molecule has 2 rings (SSSR count). The van der Waals surface area contributed by atoms with Crippen molar-refractivity contribution in [2.24, 2.45) is 11.8 Å². The Labute approximate surface area is 106 Å². The summed E-state index contributed by atoms with van der Waals surface area (Å²) in [5.74, 6) is -0.298. The fourth-order valence-electron chi connectivity index (χ4n) is 2.59. The third-order valence-electron chi connectivity index (χ3n) is 3.69. The maximum absolute atomic E-state index is 13.4. The van der Waals surface area contributed by atoms with Gasteiger partial charge in [-0.15, -0.1) is 0 Å². The van der Waals surface area contributed by atoms with Crippen molar-refractivity contribution in [3.8, 4) is 0 Å².